The van der Waals surface area contributed by atoms with E-state index in [1.165, 1.54) is 12.1 Å². The first kappa shape index (κ1) is 18.8. The SMILES string of the molecule is CC(C(=O)Nc1ccc(F)cc1)C12CC(NC(=O)c3cccc4c3CC(=O)N4)(C1)C2. The monoisotopic (exact) mass is 407 g/mol. The molecule has 3 fully saturated rings. The van der Waals surface area contributed by atoms with E-state index >= 15 is 0 Å². The van der Waals surface area contributed by atoms with Crippen molar-refractivity contribution in [2.24, 2.45) is 11.3 Å². The number of hydrogen-bond donors (Lipinski definition) is 3. The van der Waals surface area contributed by atoms with Crippen LogP contribution in [0.2, 0.25) is 0 Å². The Morgan fingerprint density at radius 1 is 1.10 bits per heavy atom. The van der Waals surface area contributed by atoms with Gasteiger partial charge in [0, 0.05) is 28.4 Å². The first-order valence-corrected chi connectivity index (χ1v) is 10.1. The fourth-order valence-electron chi connectivity index (χ4n) is 5.29. The van der Waals surface area contributed by atoms with Crippen molar-refractivity contribution in [2.75, 3.05) is 10.6 Å². The number of fused-ring (bicyclic) bond motifs is 1. The Bertz CT molecular complexity index is 1060. The molecule has 6 rings (SSSR count). The molecule has 1 unspecified atom stereocenters. The van der Waals surface area contributed by atoms with Gasteiger partial charge < -0.3 is 16.0 Å². The minimum absolute atomic E-state index is 0.0910. The molecule has 1 aliphatic heterocycles. The number of rotatable bonds is 5. The normalized spacial score (nSPS) is 26.5. The van der Waals surface area contributed by atoms with Gasteiger partial charge in [-0.2, -0.15) is 0 Å². The van der Waals surface area contributed by atoms with Gasteiger partial charge in [-0.15, -0.1) is 0 Å². The van der Waals surface area contributed by atoms with Crippen LogP contribution >= 0.6 is 0 Å². The summed E-state index contributed by atoms with van der Waals surface area (Å²) in [5, 5.41) is 8.76. The van der Waals surface area contributed by atoms with Crippen LogP contribution in [0.3, 0.4) is 0 Å². The van der Waals surface area contributed by atoms with E-state index < -0.39 is 0 Å². The molecule has 2 bridgehead atoms. The van der Waals surface area contributed by atoms with Crippen molar-refractivity contribution >= 4 is 29.1 Å². The molecule has 3 N–H and O–H groups in total. The molecule has 3 saturated carbocycles. The van der Waals surface area contributed by atoms with E-state index in [-0.39, 0.29) is 46.8 Å². The van der Waals surface area contributed by atoms with E-state index in [9.17, 15) is 18.8 Å². The topological polar surface area (TPSA) is 87.3 Å². The lowest BCUT2D eigenvalue weighted by Crippen LogP contribution is -2.77. The third kappa shape index (κ3) is 2.88. The molecule has 2 aromatic rings. The van der Waals surface area contributed by atoms with Crippen LogP contribution < -0.4 is 16.0 Å². The lowest BCUT2D eigenvalue weighted by atomic mass is 9.36. The van der Waals surface area contributed by atoms with E-state index in [4.69, 9.17) is 0 Å². The molecule has 154 valence electrons. The molecule has 1 atom stereocenters. The zero-order valence-corrected chi connectivity index (χ0v) is 16.5. The number of nitrogens with one attached hydrogen (secondary N) is 3. The molecule has 6 nitrogen and oxygen atoms in total. The van der Waals surface area contributed by atoms with Crippen molar-refractivity contribution in [3.63, 3.8) is 0 Å². The van der Waals surface area contributed by atoms with E-state index in [0.29, 0.717) is 16.9 Å². The van der Waals surface area contributed by atoms with Crippen molar-refractivity contribution < 1.29 is 18.8 Å². The van der Waals surface area contributed by atoms with Gasteiger partial charge in [0.2, 0.25) is 11.8 Å². The molecule has 0 aromatic heterocycles. The first-order chi connectivity index (χ1) is 14.3. The number of carbonyl (C=O) groups is 3. The van der Waals surface area contributed by atoms with E-state index in [1.54, 1.807) is 30.3 Å². The van der Waals surface area contributed by atoms with Gasteiger partial charge in [0.25, 0.3) is 5.91 Å². The minimum Gasteiger partial charge on any atom is -0.347 e. The van der Waals surface area contributed by atoms with Crippen LogP contribution in [0.5, 0.6) is 0 Å². The Kier molecular flexibility index (Phi) is 4.00. The van der Waals surface area contributed by atoms with Gasteiger partial charge in [-0.3, -0.25) is 14.4 Å². The highest BCUT2D eigenvalue weighted by Crippen LogP contribution is 2.70. The van der Waals surface area contributed by atoms with Crippen molar-refractivity contribution in [3.8, 4) is 0 Å². The summed E-state index contributed by atoms with van der Waals surface area (Å²) in [6.07, 6.45) is 2.50. The molecule has 0 radical (unpaired) electrons. The number of benzene rings is 2. The maximum atomic E-state index is 13.0. The average Bonchev–Trinajstić information content (AvgIpc) is 3.04. The summed E-state index contributed by atoms with van der Waals surface area (Å²) < 4.78 is 13.0. The zero-order chi connectivity index (χ0) is 21.1. The Labute approximate surface area is 173 Å². The number of carbonyl (C=O) groups excluding carboxylic acids is 3. The van der Waals surface area contributed by atoms with Gasteiger partial charge in [0.05, 0.1) is 6.42 Å². The molecule has 30 heavy (non-hydrogen) atoms. The molecular weight excluding hydrogens is 385 g/mol. The zero-order valence-electron chi connectivity index (χ0n) is 16.5. The Morgan fingerprint density at radius 3 is 2.50 bits per heavy atom. The number of amides is 3. The van der Waals surface area contributed by atoms with E-state index in [1.807, 2.05) is 6.92 Å². The fourth-order valence-corrected chi connectivity index (χ4v) is 5.29. The minimum atomic E-state index is -0.345. The van der Waals surface area contributed by atoms with Crippen LogP contribution in [0, 0.1) is 17.2 Å². The smallest absolute Gasteiger partial charge is 0.252 e. The summed E-state index contributed by atoms with van der Waals surface area (Å²) >= 11 is 0. The predicted octanol–water partition coefficient (Wildman–Crippen LogP) is 3.25. The lowest BCUT2D eigenvalue weighted by molar-refractivity contribution is -0.184. The highest BCUT2D eigenvalue weighted by Gasteiger charge is 2.71. The van der Waals surface area contributed by atoms with Gasteiger partial charge in [0.15, 0.2) is 0 Å². The van der Waals surface area contributed by atoms with Crippen molar-refractivity contribution in [2.45, 2.75) is 38.1 Å². The third-order valence-electron chi connectivity index (χ3n) is 6.91. The van der Waals surface area contributed by atoms with Crippen molar-refractivity contribution in [1.29, 1.82) is 0 Å². The first-order valence-electron chi connectivity index (χ1n) is 10.1. The maximum absolute atomic E-state index is 13.0. The van der Waals surface area contributed by atoms with Gasteiger partial charge in [0.1, 0.15) is 5.82 Å². The van der Waals surface area contributed by atoms with E-state index in [2.05, 4.69) is 16.0 Å². The second-order valence-electron chi connectivity index (χ2n) is 8.90. The quantitative estimate of drug-likeness (QED) is 0.711. The maximum Gasteiger partial charge on any atom is 0.252 e. The fraction of sp³-hybridized carbons (Fsp3) is 0.348. The van der Waals surface area contributed by atoms with Crippen LogP contribution in [0.15, 0.2) is 42.5 Å². The summed E-state index contributed by atoms with van der Waals surface area (Å²) in [4.78, 5) is 37.2. The summed E-state index contributed by atoms with van der Waals surface area (Å²) in [7, 11) is 0. The second kappa shape index (κ2) is 6.39. The highest BCUT2D eigenvalue weighted by atomic mass is 19.1. The predicted molar refractivity (Wildman–Crippen MR) is 109 cm³/mol. The lowest BCUT2D eigenvalue weighted by Gasteiger charge is -2.72. The van der Waals surface area contributed by atoms with Crippen molar-refractivity contribution in [3.05, 3.63) is 59.4 Å². The van der Waals surface area contributed by atoms with Crippen molar-refractivity contribution in [1.82, 2.24) is 5.32 Å². The van der Waals surface area contributed by atoms with Crippen LogP contribution in [0.25, 0.3) is 0 Å². The summed E-state index contributed by atoms with van der Waals surface area (Å²) in [5.41, 5.74) is 2.19. The average molecular weight is 407 g/mol. The van der Waals surface area contributed by atoms with Crippen LogP contribution in [0.1, 0.15) is 42.1 Å². The second-order valence-corrected chi connectivity index (χ2v) is 8.90. The summed E-state index contributed by atoms with van der Waals surface area (Å²) in [6.45, 7) is 1.91. The summed E-state index contributed by atoms with van der Waals surface area (Å²) in [5.74, 6) is -0.908. The Balaban J connectivity index is 1.21. The third-order valence-corrected chi connectivity index (χ3v) is 6.91. The van der Waals surface area contributed by atoms with Gasteiger partial charge in [-0.05, 0) is 66.6 Å². The number of anilines is 2. The molecule has 7 heteroatoms. The molecule has 2 aromatic carbocycles. The largest absolute Gasteiger partial charge is 0.347 e. The van der Waals surface area contributed by atoms with E-state index in [0.717, 1.165) is 24.8 Å². The van der Waals surface area contributed by atoms with Gasteiger partial charge in [-0.25, -0.2) is 4.39 Å². The number of halogens is 1. The molecule has 4 aliphatic rings. The van der Waals surface area contributed by atoms with Gasteiger partial charge in [-0.1, -0.05) is 13.0 Å². The standard InChI is InChI=1S/C23H22FN3O3/c1-13(20(29)25-15-7-5-14(24)6-8-15)22-10-23(11-22,12-22)27-21(30)16-3-2-4-18-17(16)9-19(28)26-18/h2-8,13H,9-12H2,1H3,(H,25,29)(H,26,28)(H,27,30). The van der Waals surface area contributed by atoms with Gasteiger partial charge >= 0.3 is 0 Å². The Morgan fingerprint density at radius 2 is 1.80 bits per heavy atom. The van der Waals surface area contributed by atoms with Crippen LogP contribution in [-0.4, -0.2) is 23.3 Å². The van der Waals surface area contributed by atoms with Crippen LogP contribution in [-0.2, 0) is 16.0 Å². The molecule has 3 amide bonds. The highest BCUT2D eigenvalue weighted by molar-refractivity contribution is 6.06. The molecule has 3 aliphatic carbocycles. The molecular formula is C23H22FN3O3. The summed E-state index contributed by atoms with van der Waals surface area (Å²) in [6, 6.07) is 11.0. The molecule has 0 spiro atoms. The number of hydrogen-bond acceptors (Lipinski definition) is 3. The Hall–Kier alpha value is -3.22. The molecule has 1 heterocycles. The molecule has 0 saturated heterocycles. The van der Waals surface area contributed by atoms with Crippen LogP contribution in [0.4, 0.5) is 15.8 Å².